The maximum Gasteiger partial charge on any atom is 0.269 e. The van der Waals surface area contributed by atoms with Crippen molar-refractivity contribution in [1.29, 1.82) is 0 Å². The van der Waals surface area contributed by atoms with E-state index in [1.807, 2.05) is 44.2 Å². The number of benzene rings is 2. The predicted octanol–water partition coefficient (Wildman–Crippen LogP) is 3.86. The lowest BCUT2D eigenvalue weighted by Gasteiger charge is -2.13. The molecule has 23 heavy (non-hydrogen) atoms. The quantitative estimate of drug-likeness (QED) is 0.622. The van der Waals surface area contributed by atoms with Gasteiger partial charge in [0.2, 0.25) is 0 Å². The number of halogens is 1. The van der Waals surface area contributed by atoms with E-state index in [0.29, 0.717) is 11.3 Å². The highest BCUT2D eigenvalue weighted by atomic mass is 32.2. The largest absolute Gasteiger partial charge is 0.491 e. The molecule has 0 aliphatic rings. The van der Waals surface area contributed by atoms with Crippen LogP contribution in [0, 0.1) is 12.7 Å². The Labute approximate surface area is 139 Å². The first-order valence-electron chi connectivity index (χ1n) is 7.21. The SMILES string of the molecule is Cc1cc(OC(C)C)cc(C(=O)NNSc2ccccc2)c1F. The normalized spacial score (nSPS) is 10.7. The van der Waals surface area contributed by atoms with Crippen LogP contribution in [-0.2, 0) is 0 Å². The summed E-state index contributed by atoms with van der Waals surface area (Å²) in [5.41, 5.74) is 2.79. The van der Waals surface area contributed by atoms with Gasteiger partial charge in [0, 0.05) is 4.90 Å². The van der Waals surface area contributed by atoms with Crippen LogP contribution in [0.15, 0.2) is 47.4 Å². The molecule has 0 radical (unpaired) electrons. The van der Waals surface area contributed by atoms with Crippen LogP contribution >= 0.6 is 11.9 Å². The Morgan fingerprint density at radius 2 is 1.91 bits per heavy atom. The number of carbonyl (C=O) groups excluding carboxylic acids is 1. The van der Waals surface area contributed by atoms with Gasteiger partial charge in [0.15, 0.2) is 0 Å². The maximum absolute atomic E-state index is 14.2. The molecule has 1 amide bonds. The summed E-state index contributed by atoms with van der Waals surface area (Å²) in [5, 5.41) is 0. The molecule has 2 N–H and O–H groups in total. The zero-order chi connectivity index (χ0) is 16.8. The Balaban J connectivity index is 2.04. The Bertz CT molecular complexity index is 678. The number of amides is 1. The molecule has 2 aromatic carbocycles. The molecule has 0 bridgehead atoms. The predicted molar refractivity (Wildman–Crippen MR) is 89.8 cm³/mol. The van der Waals surface area contributed by atoms with E-state index in [9.17, 15) is 9.18 Å². The number of nitrogens with one attached hydrogen (secondary N) is 2. The van der Waals surface area contributed by atoms with Gasteiger partial charge in [-0.25, -0.2) is 4.39 Å². The topological polar surface area (TPSA) is 50.4 Å². The molecule has 0 spiro atoms. The van der Waals surface area contributed by atoms with Crippen LogP contribution in [0.2, 0.25) is 0 Å². The van der Waals surface area contributed by atoms with Crippen molar-refractivity contribution < 1.29 is 13.9 Å². The van der Waals surface area contributed by atoms with Gasteiger partial charge in [-0.3, -0.25) is 10.2 Å². The summed E-state index contributed by atoms with van der Waals surface area (Å²) in [5.74, 6) is -0.631. The fraction of sp³-hybridized carbons (Fsp3) is 0.235. The Hall–Kier alpha value is -2.05. The van der Waals surface area contributed by atoms with E-state index >= 15 is 0 Å². The molecular weight excluding hydrogens is 315 g/mol. The molecule has 2 aromatic rings. The smallest absolute Gasteiger partial charge is 0.269 e. The minimum atomic E-state index is -0.553. The lowest BCUT2D eigenvalue weighted by Crippen LogP contribution is -2.33. The van der Waals surface area contributed by atoms with E-state index in [1.165, 1.54) is 18.0 Å². The third kappa shape index (κ3) is 4.97. The van der Waals surface area contributed by atoms with E-state index in [2.05, 4.69) is 10.3 Å². The first-order chi connectivity index (χ1) is 11.0. The zero-order valence-corrected chi connectivity index (χ0v) is 14.0. The maximum atomic E-state index is 14.2. The van der Waals surface area contributed by atoms with Gasteiger partial charge in [-0.1, -0.05) is 18.2 Å². The van der Waals surface area contributed by atoms with Crippen LogP contribution in [0.3, 0.4) is 0 Å². The molecule has 0 unspecified atom stereocenters. The van der Waals surface area contributed by atoms with E-state index in [4.69, 9.17) is 4.74 Å². The summed E-state index contributed by atoms with van der Waals surface area (Å²) in [6, 6.07) is 12.5. The molecule has 0 saturated heterocycles. The average molecular weight is 334 g/mol. The van der Waals surface area contributed by atoms with E-state index in [0.717, 1.165) is 4.90 Å². The molecule has 2 rings (SSSR count). The third-order valence-corrected chi connectivity index (χ3v) is 3.63. The molecule has 0 heterocycles. The van der Waals surface area contributed by atoms with Crippen LogP contribution in [0.1, 0.15) is 29.8 Å². The van der Waals surface area contributed by atoms with Crippen molar-refractivity contribution in [2.45, 2.75) is 31.8 Å². The summed E-state index contributed by atoms with van der Waals surface area (Å²) >= 11 is 1.23. The molecule has 6 heteroatoms. The fourth-order valence-corrected chi connectivity index (χ4v) is 2.48. The van der Waals surface area contributed by atoms with Crippen molar-refractivity contribution in [1.82, 2.24) is 10.3 Å². The molecule has 122 valence electrons. The molecule has 0 aliphatic heterocycles. The van der Waals surface area contributed by atoms with Crippen molar-refractivity contribution in [3.63, 3.8) is 0 Å². The van der Waals surface area contributed by atoms with Crippen molar-refractivity contribution in [2.24, 2.45) is 0 Å². The number of carbonyl (C=O) groups is 1. The second kappa shape index (κ2) is 7.99. The average Bonchev–Trinajstić information content (AvgIpc) is 2.51. The summed E-state index contributed by atoms with van der Waals surface area (Å²) in [4.78, 5) is 15.8. The highest BCUT2D eigenvalue weighted by Gasteiger charge is 2.16. The number of hydrazine groups is 1. The molecular formula is C17H19FN2O2S. The number of aryl methyl sites for hydroxylation is 1. The Morgan fingerprint density at radius 1 is 1.22 bits per heavy atom. The first-order valence-corrected chi connectivity index (χ1v) is 8.03. The van der Waals surface area contributed by atoms with Gasteiger partial charge in [-0.15, -0.1) is 0 Å². The van der Waals surface area contributed by atoms with Crippen molar-refractivity contribution >= 4 is 17.9 Å². The molecule has 0 aliphatic carbocycles. The molecule has 0 saturated carbocycles. The van der Waals surface area contributed by atoms with E-state index in [1.54, 1.807) is 13.0 Å². The van der Waals surface area contributed by atoms with Gasteiger partial charge in [0.05, 0.1) is 11.7 Å². The number of rotatable bonds is 6. The van der Waals surface area contributed by atoms with Gasteiger partial charge in [0.25, 0.3) is 5.91 Å². The summed E-state index contributed by atoms with van der Waals surface area (Å²) in [6.45, 7) is 5.35. The van der Waals surface area contributed by atoms with Gasteiger partial charge in [0.1, 0.15) is 11.6 Å². The van der Waals surface area contributed by atoms with Crippen molar-refractivity contribution in [2.75, 3.05) is 0 Å². The standard InChI is InChI=1S/C17H19FN2O2S/c1-11(2)22-13-9-12(3)16(18)15(10-13)17(21)19-20-23-14-7-5-4-6-8-14/h4-11,20H,1-3H3,(H,19,21). The Morgan fingerprint density at radius 3 is 2.57 bits per heavy atom. The van der Waals surface area contributed by atoms with E-state index < -0.39 is 11.7 Å². The lowest BCUT2D eigenvalue weighted by molar-refractivity contribution is 0.0942. The number of hydrogen-bond acceptors (Lipinski definition) is 4. The minimum absolute atomic E-state index is 0.0532. The zero-order valence-electron chi connectivity index (χ0n) is 13.2. The van der Waals surface area contributed by atoms with Crippen LogP contribution in [0.4, 0.5) is 4.39 Å². The highest BCUT2D eigenvalue weighted by Crippen LogP contribution is 2.22. The van der Waals surface area contributed by atoms with Gasteiger partial charge in [-0.2, -0.15) is 4.83 Å². The molecule has 0 atom stereocenters. The lowest BCUT2D eigenvalue weighted by atomic mass is 10.1. The van der Waals surface area contributed by atoms with Gasteiger partial charge in [-0.05, 0) is 62.5 Å². The Kier molecular flexibility index (Phi) is 6.01. The van der Waals surface area contributed by atoms with Gasteiger partial charge < -0.3 is 4.74 Å². The molecule has 0 aromatic heterocycles. The minimum Gasteiger partial charge on any atom is -0.491 e. The second-order valence-corrected chi connectivity index (χ2v) is 6.12. The van der Waals surface area contributed by atoms with E-state index in [-0.39, 0.29) is 11.7 Å². The third-order valence-electron chi connectivity index (χ3n) is 2.92. The highest BCUT2D eigenvalue weighted by molar-refractivity contribution is 7.97. The summed E-state index contributed by atoms with van der Waals surface area (Å²) in [7, 11) is 0. The van der Waals surface area contributed by atoms with Crippen molar-refractivity contribution in [3.05, 3.63) is 59.4 Å². The number of ether oxygens (including phenoxy) is 1. The first kappa shape index (κ1) is 17.3. The van der Waals surface area contributed by atoms with Crippen LogP contribution in [-0.4, -0.2) is 12.0 Å². The van der Waals surface area contributed by atoms with Crippen molar-refractivity contribution in [3.8, 4) is 5.75 Å². The fourth-order valence-electron chi connectivity index (χ4n) is 1.93. The number of hydrogen-bond donors (Lipinski definition) is 2. The summed E-state index contributed by atoms with van der Waals surface area (Å²) in [6.07, 6.45) is -0.0532. The monoisotopic (exact) mass is 334 g/mol. The second-order valence-electron chi connectivity index (χ2n) is 5.24. The van der Waals surface area contributed by atoms with Gasteiger partial charge >= 0.3 is 0 Å². The van der Waals surface area contributed by atoms with Crippen LogP contribution in [0.5, 0.6) is 5.75 Å². The molecule has 0 fully saturated rings. The summed E-state index contributed by atoms with van der Waals surface area (Å²) < 4.78 is 19.7. The van der Waals surface area contributed by atoms with Crippen LogP contribution in [0.25, 0.3) is 0 Å². The van der Waals surface area contributed by atoms with Crippen LogP contribution < -0.4 is 15.0 Å². The molecule has 4 nitrogen and oxygen atoms in total.